The molecule has 24 heavy (non-hydrogen) atoms. The van der Waals surface area contributed by atoms with Crippen LogP contribution < -0.4 is 4.90 Å². The number of pyridine rings is 1. The van der Waals surface area contributed by atoms with Gasteiger partial charge in [0, 0.05) is 38.8 Å². The first-order valence-electron chi connectivity index (χ1n) is 9.62. The summed E-state index contributed by atoms with van der Waals surface area (Å²) in [5.74, 6) is 3.89. The van der Waals surface area contributed by atoms with Gasteiger partial charge in [-0.2, -0.15) is 0 Å². The SMILES string of the molecule is CN(C(=O)C[C@H]1C[C@H]2CC[C@H]1C2)C1CCN(c2ccccn2)CC1. The Hall–Kier alpha value is -1.58. The van der Waals surface area contributed by atoms with E-state index in [1.807, 2.05) is 25.4 Å². The second kappa shape index (κ2) is 6.73. The van der Waals surface area contributed by atoms with E-state index in [9.17, 15) is 4.79 Å². The number of aromatic nitrogens is 1. The molecule has 4 nitrogen and oxygen atoms in total. The Kier molecular flexibility index (Phi) is 4.47. The Labute approximate surface area is 145 Å². The van der Waals surface area contributed by atoms with Gasteiger partial charge in [0.05, 0.1) is 0 Å². The molecule has 3 aliphatic rings. The summed E-state index contributed by atoms with van der Waals surface area (Å²) in [7, 11) is 2.02. The standard InChI is InChI=1S/C20H29N3O/c1-22(20(24)14-17-13-15-5-6-16(17)12-15)18-7-10-23(11-8-18)19-4-2-3-9-21-19/h2-4,9,15-18H,5-8,10-14H2,1H3/t15-,16-,17+/m0/s1. The highest BCUT2D eigenvalue weighted by atomic mass is 16.2. The number of nitrogens with zero attached hydrogens (tertiary/aromatic N) is 3. The summed E-state index contributed by atoms with van der Waals surface area (Å²) >= 11 is 0. The summed E-state index contributed by atoms with van der Waals surface area (Å²) in [4.78, 5) is 21.6. The molecular weight excluding hydrogens is 298 g/mol. The van der Waals surface area contributed by atoms with Crippen LogP contribution in [0.2, 0.25) is 0 Å². The average Bonchev–Trinajstić information content (AvgIpc) is 3.25. The topological polar surface area (TPSA) is 36.4 Å². The molecule has 1 saturated heterocycles. The van der Waals surface area contributed by atoms with E-state index in [2.05, 4.69) is 20.9 Å². The summed E-state index contributed by atoms with van der Waals surface area (Å²) < 4.78 is 0. The number of anilines is 1. The second-order valence-corrected chi connectivity index (χ2v) is 8.05. The Bertz CT molecular complexity index is 568. The molecule has 2 saturated carbocycles. The molecule has 1 aromatic heterocycles. The third-order valence-corrected chi connectivity index (χ3v) is 6.70. The summed E-state index contributed by atoms with van der Waals surface area (Å²) in [6.45, 7) is 1.99. The van der Waals surface area contributed by atoms with Crippen LogP contribution in [0.15, 0.2) is 24.4 Å². The van der Waals surface area contributed by atoms with E-state index in [-0.39, 0.29) is 0 Å². The largest absolute Gasteiger partial charge is 0.356 e. The zero-order valence-electron chi connectivity index (χ0n) is 14.7. The van der Waals surface area contributed by atoms with Crippen LogP contribution in [0.5, 0.6) is 0 Å². The number of fused-ring (bicyclic) bond motifs is 2. The van der Waals surface area contributed by atoms with Crippen LogP contribution in [0.1, 0.15) is 44.9 Å². The van der Waals surface area contributed by atoms with Crippen LogP contribution in [-0.4, -0.2) is 42.0 Å². The van der Waals surface area contributed by atoms with E-state index < -0.39 is 0 Å². The van der Waals surface area contributed by atoms with E-state index in [1.165, 1.54) is 25.7 Å². The molecular formula is C20H29N3O. The van der Waals surface area contributed by atoms with Gasteiger partial charge in [0.2, 0.25) is 5.91 Å². The number of hydrogen-bond acceptors (Lipinski definition) is 3. The maximum Gasteiger partial charge on any atom is 0.222 e. The molecule has 1 aromatic rings. The molecule has 0 N–H and O–H groups in total. The van der Waals surface area contributed by atoms with E-state index in [1.54, 1.807) is 0 Å². The summed E-state index contributed by atoms with van der Waals surface area (Å²) in [5.41, 5.74) is 0. The van der Waals surface area contributed by atoms with Crippen molar-refractivity contribution in [1.82, 2.24) is 9.88 Å². The Morgan fingerprint density at radius 3 is 2.67 bits per heavy atom. The molecule has 0 spiro atoms. The average molecular weight is 327 g/mol. The fourth-order valence-electron chi connectivity index (χ4n) is 5.22. The highest BCUT2D eigenvalue weighted by molar-refractivity contribution is 5.76. The minimum Gasteiger partial charge on any atom is -0.356 e. The molecule has 1 amide bonds. The fourth-order valence-corrected chi connectivity index (χ4v) is 5.22. The van der Waals surface area contributed by atoms with E-state index >= 15 is 0 Å². The van der Waals surface area contributed by atoms with Crippen molar-refractivity contribution in [1.29, 1.82) is 0 Å². The lowest BCUT2D eigenvalue weighted by molar-refractivity contribution is -0.133. The fraction of sp³-hybridized carbons (Fsp3) is 0.700. The van der Waals surface area contributed by atoms with Crippen molar-refractivity contribution < 1.29 is 4.79 Å². The molecule has 3 fully saturated rings. The summed E-state index contributed by atoms with van der Waals surface area (Å²) in [6.07, 6.45) is 10.2. The number of rotatable bonds is 4. The molecule has 4 heteroatoms. The molecule has 2 aliphatic carbocycles. The van der Waals surface area contributed by atoms with Gasteiger partial charge in [-0.15, -0.1) is 0 Å². The van der Waals surface area contributed by atoms with Crippen molar-refractivity contribution in [2.75, 3.05) is 25.0 Å². The van der Waals surface area contributed by atoms with Crippen LogP contribution in [0, 0.1) is 17.8 Å². The third-order valence-electron chi connectivity index (χ3n) is 6.70. The third kappa shape index (κ3) is 3.15. The zero-order valence-corrected chi connectivity index (χ0v) is 14.7. The predicted octanol–water partition coefficient (Wildman–Crippen LogP) is 3.34. The van der Waals surface area contributed by atoms with Crippen LogP contribution >= 0.6 is 0 Å². The molecule has 2 heterocycles. The van der Waals surface area contributed by atoms with Gasteiger partial charge >= 0.3 is 0 Å². The predicted molar refractivity (Wildman–Crippen MR) is 95.8 cm³/mol. The van der Waals surface area contributed by atoms with E-state index in [0.29, 0.717) is 17.9 Å². The maximum absolute atomic E-state index is 12.7. The molecule has 3 atom stereocenters. The van der Waals surface area contributed by atoms with Gasteiger partial charge in [0.1, 0.15) is 5.82 Å². The van der Waals surface area contributed by atoms with E-state index in [4.69, 9.17) is 0 Å². The Balaban J connectivity index is 1.28. The lowest BCUT2D eigenvalue weighted by Gasteiger charge is -2.38. The first-order chi connectivity index (χ1) is 11.7. The van der Waals surface area contributed by atoms with Gasteiger partial charge in [-0.3, -0.25) is 4.79 Å². The number of hydrogen-bond donors (Lipinski definition) is 0. The van der Waals surface area contributed by atoms with Crippen LogP contribution in [0.4, 0.5) is 5.82 Å². The van der Waals surface area contributed by atoms with E-state index in [0.717, 1.165) is 50.0 Å². The lowest BCUT2D eigenvalue weighted by Crippen LogP contribution is -2.46. The maximum atomic E-state index is 12.7. The first-order valence-corrected chi connectivity index (χ1v) is 9.62. The van der Waals surface area contributed by atoms with Gasteiger partial charge in [0.15, 0.2) is 0 Å². The Morgan fingerprint density at radius 1 is 1.21 bits per heavy atom. The van der Waals surface area contributed by atoms with Gasteiger partial charge < -0.3 is 9.80 Å². The van der Waals surface area contributed by atoms with Gasteiger partial charge in [-0.1, -0.05) is 12.5 Å². The molecule has 4 rings (SSSR count). The lowest BCUT2D eigenvalue weighted by atomic mass is 9.86. The Morgan fingerprint density at radius 2 is 2.04 bits per heavy atom. The number of amides is 1. The van der Waals surface area contributed by atoms with Crippen LogP contribution in [0.25, 0.3) is 0 Å². The highest BCUT2D eigenvalue weighted by Crippen LogP contribution is 2.49. The number of piperidine rings is 1. The summed E-state index contributed by atoms with van der Waals surface area (Å²) in [6, 6.07) is 6.47. The normalized spacial score (nSPS) is 29.9. The van der Waals surface area contributed by atoms with Crippen molar-refractivity contribution >= 4 is 11.7 Å². The van der Waals surface area contributed by atoms with Crippen molar-refractivity contribution in [3.05, 3.63) is 24.4 Å². The van der Waals surface area contributed by atoms with Crippen molar-refractivity contribution in [3.63, 3.8) is 0 Å². The van der Waals surface area contributed by atoms with Gasteiger partial charge in [-0.25, -0.2) is 4.98 Å². The quantitative estimate of drug-likeness (QED) is 0.851. The van der Waals surface area contributed by atoms with Crippen molar-refractivity contribution in [2.45, 2.75) is 51.0 Å². The molecule has 130 valence electrons. The van der Waals surface area contributed by atoms with Gasteiger partial charge in [0.25, 0.3) is 0 Å². The molecule has 2 bridgehead atoms. The minimum atomic E-state index is 0.379. The highest BCUT2D eigenvalue weighted by Gasteiger charge is 2.40. The molecule has 0 radical (unpaired) electrons. The number of carbonyl (C=O) groups is 1. The monoisotopic (exact) mass is 327 g/mol. The molecule has 0 aromatic carbocycles. The van der Waals surface area contributed by atoms with Crippen molar-refractivity contribution in [3.8, 4) is 0 Å². The van der Waals surface area contributed by atoms with Crippen LogP contribution in [0.3, 0.4) is 0 Å². The zero-order chi connectivity index (χ0) is 16.5. The first kappa shape index (κ1) is 15.9. The van der Waals surface area contributed by atoms with Gasteiger partial charge in [-0.05, 0) is 62.0 Å². The van der Waals surface area contributed by atoms with Crippen LogP contribution in [-0.2, 0) is 4.79 Å². The minimum absolute atomic E-state index is 0.379. The smallest absolute Gasteiger partial charge is 0.222 e. The molecule has 0 unspecified atom stereocenters. The van der Waals surface area contributed by atoms with Crippen molar-refractivity contribution in [2.24, 2.45) is 17.8 Å². The number of carbonyl (C=O) groups excluding carboxylic acids is 1. The second-order valence-electron chi connectivity index (χ2n) is 8.05. The molecule has 1 aliphatic heterocycles. The summed E-state index contributed by atoms with van der Waals surface area (Å²) in [5, 5.41) is 0.